The molecule has 0 unspecified atom stereocenters. The summed E-state index contributed by atoms with van der Waals surface area (Å²) in [7, 11) is 0. The van der Waals surface area contributed by atoms with Gasteiger partial charge in [0.25, 0.3) is 5.91 Å². The molecule has 2 rings (SSSR count). The molecule has 0 bridgehead atoms. The van der Waals surface area contributed by atoms with Gasteiger partial charge in [0.2, 0.25) is 5.89 Å². The molecule has 0 saturated heterocycles. The SMILES string of the molecule is Cc1cnc(CNC(=O)c2ccc(I)cc2)o1. The Hall–Kier alpha value is -1.37. The molecule has 5 heteroatoms. The Labute approximate surface area is 113 Å². The summed E-state index contributed by atoms with van der Waals surface area (Å²) in [6.07, 6.45) is 1.63. The van der Waals surface area contributed by atoms with Crippen molar-refractivity contribution in [2.75, 3.05) is 0 Å². The van der Waals surface area contributed by atoms with Crippen molar-refractivity contribution in [3.63, 3.8) is 0 Å². The fourth-order valence-electron chi connectivity index (χ4n) is 1.34. The quantitative estimate of drug-likeness (QED) is 0.872. The minimum atomic E-state index is -0.128. The topological polar surface area (TPSA) is 55.1 Å². The number of nitrogens with zero attached hydrogens (tertiary/aromatic N) is 1. The molecule has 0 radical (unpaired) electrons. The predicted molar refractivity (Wildman–Crippen MR) is 71.6 cm³/mol. The number of hydrogen-bond acceptors (Lipinski definition) is 3. The normalized spacial score (nSPS) is 10.2. The lowest BCUT2D eigenvalue weighted by molar-refractivity contribution is 0.0947. The minimum absolute atomic E-state index is 0.128. The van der Waals surface area contributed by atoms with Crippen molar-refractivity contribution in [2.24, 2.45) is 0 Å². The molecule has 1 amide bonds. The van der Waals surface area contributed by atoms with Gasteiger partial charge in [0.05, 0.1) is 12.7 Å². The maximum absolute atomic E-state index is 11.8. The van der Waals surface area contributed by atoms with E-state index in [0.29, 0.717) is 18.0 Å². The van der Waals surface area contributed by atoms with Gasteiger partial charge in [0.1, 0.15) is 5.76 Å². The first-order valence-electron chi connectivity index (χ1n) is 5.10. The average molecular weight is 342 g/mol. The lowest BCUT2D eigenvalue weighted by Crippen LogP contribution is -2.22. The summed E-state index contributed by atoms with van der Waals surface area (Å²) >= 11 is 2.20. The van der Waals surface area contributed by atoms with Gasteiger partial charge < -0.3 is 9.73 Å². The number of carbonyl (C=O) groups excluding carboxylic acids is 1. The van der Waals surface area contributed by atoms with Crippen LogP contribution in [0, 0.1) is 10.5 Å². The largest absolute Gasteiger partial charge is 0.444 e. The van der Waals surface area contributed by atoms with Crippen LogP contribution in [0.15, 0.2) is 34.9 Å². The number of benzene rings is 1. The Kier molecular flexibility index (Phi) is 3.78. The van der Waals surface area contributed by atoms with E-state index in [1.54, 1.807) is 18.3 Å². The molecule has 0 saturated carbocycles. The maximum atomic E-state index is 11.8. The Morgan fingerprint density at radius 2 is 2.12 bits per heavy atom. The summed E-state index contributed by atoms with van der Waals surface area (Å²) < 4.78 is 6.36. The highest BCUT2D eigenvalue weighted by molar-refractivity contribution is 14.1. The average Bonchev–Trinajstić information content (AvgIpc) is 2.73. The first-order chi connectivity index (χ1) is 8.15. The predicted octanol–water partition coefficient (Wildman–Crippen LogP) is 2.52. The number of carbonyl (C=O) groups is 1. The van der Waals surface area contributed by atoms with Crippen LogP contribution in [0.25, 0.3) is 0 Å². The van der Waals surface area contributed by atoms with Gasteiger partial charge in [-0.1, -0.05) is 0 Å². The monoisotopic (exact) mass is 342 g/mol. The second-order valence-electron chi connectivity index (χ2n) is 3.55. The van der Waals surface area contributed by atoms with E-state index in [-0.39, 0.29) is 5.91 Å². The van der Waals surface area contributed by atoms with Crippen LogP contribution >= 0.6 is 22.6 Å². The fraction of sp³-hybridized carbons (Fsp3) is 0.167. The van der Waals surface area contributed by atoms with Crippen LogP contribution in [0.2, 0.25) is 0 Å². The summed E-state index contributed by atoms with van der Waals surface area (Å²) in [5, 5.41) is 2.75. The molecule has 88 valence electrons. The summed E-state index contributed by atoms with van der Waals surface area (Å²) in [4.78, 5) is 15.8. The number of hydrogen-bond donors (Lipinski definition) is 1. The fourth-order valence-corrected chi connectivity index (χ4v) is 1.70. The molecule has 0 aliphatic rings. The van der Waals surface area contributed by atoms with Crippen LogP contribution in [0.1, 0.15) is 22.0 Å². The van der Waals surface area contributed by atoms with E-state index < -0.39 is 0 Å². The van der Waals surface area contributed by atoms with Crippen molar-refractivity contribution >= 4 is 28.5 Å². The minimum Gasteiger partial charge on any atom is -0.444 e. The zero-order chi connectivity index (χ0) is 12.3. The van der Waals surface area contributed by atoms with Crippen molar-refractivity contribution in [3.05, 3.63) is 51.2 Å². The summed E-state index contributed by atoms with van der Waals surface area (Å²) in [6, 6.07) is 7.37. The second-order valence-corrected chi connectivity index (χ2v) is 4.80. The molecule has 0 aliphatic carbocycles. The van der Waals surface area contributed by atoms with Crippen molar-refractivity contribution in [3.8, 4) is 0 Å². The number of nitrogens with one attached hydrogen (secondary N) is 1. The molecule has 0 aliphatic heterocycles. The van der Waals surface area contributed by atoms with Gasteiger partial charge >= 0.3 is 0 Å². The van der Waals surface area contributed by atoms with E-state index in [2.05, 4.69) is 32.9 Å². The van der Waals surface area contributed by atoms with E-state index in [9.17, 15) is 4.79 Å². The molecule has 0 spiro atoms. The Bertz CT molecular complexity index is 520. The van der Waals surface area contributed by atoms with Crippen molar-refractivity contribution < 1.29 is 9.21 Å². The Morgan fingerprint density at radius 1 is 1.41 bits per heavy atom. The molecule has 1 heterocycles. The molecule has 0 fully saturated rings. The highest BCUT2D eigenvalue weighted by Crippen LogP contribution is 2.07. The van der Waals surface area contributed by atoms with E-state index >= 15 is 0 Å². The van der Waals surface area contributed by atoms with Crippen LogP contribution in [0.3, 0.4) is 0 Å². The smallest absolute Gasteiger partial charge is 0.251 e. The van der Waals surface area contributed by atoms with E-state index in [1.165, 1.54) is 0 Å². The first kappa shape index (κ1) is 12.1. The van der Waals surface area contributed by atoms with Crippen LogP contribution in [-0.2, 0) is 6.54 Å². The van der Waals surface area contributed by atoms with Gasteiger partial charge in [-0.3, -0.25) is 4.79 Å². The summed E-state index contributed by atoms with van der Waals surface area (Å²) in [5.74, 6) is 1.13. The first-order valence-corrected chi connectivity index (χ1v) is 6.18. The van der Waals surface area contributed by atoms with Gasteiger partial charge in [-0.15, -0.1) is 0 Å². The van der Waals surface area contributed by atoms with Crippen LogP contribution in [0.5, 0.6) is 0 Å². The molecule has 17 heavy (non-hydrogen) atoms. The van der Waals surface area contributed by atoms with E-state index in [1.807, 2.05) is 19.1 Å². The van der Waals surface area contributed by atoms with Gasteiger partial charge in [0.15, 0.2) is 0 Å². The van der Waals surface area contributed by atoms with E-state index in [0.717, 1.165) is 9.33 Å². The van der Waals surface area contributed by atoms with E-state index in [4.69, 9.17) is 4.42 Å². The van der Waals surface area contributed by atoms with Crippen molar-refractivity contribution in [2.45, 2.75) is 13.5 Å². The second kappa shape index (κ2) is 5.31. The zero-order valence-electron chi connectivity index (χ0n) is 9.24. The number of aryl methyl sites for hydroxylation is 1. The number of halogens is 1. The third-order valence-electron chi connectivity index (χ3n) is 2.18. The lowest BCUT2D eigenvalue weighted by Gasteiger charge is -2.02. The number of rotatable bonds is 3. The van der Waals surface area contributed by atoms with Crippen molar-refractivity contribution in [1.29, 1.82) is 0 Å². The van der Waals surface area contributed by atoms with Gasteiger partial charge in [-0.05, 0) is 53.8 Å². The van der Waals surface area contributed by atoms with Crippen molar-refractivity contribution in [1.82, 2.24) is 10.3 Å². The molecule has 1 aromatic carbocycles. The van der Waals surface area contributed by atoms with Crippen LogP contribution in [0.4, 0.5) is 0 Å². The highest BCUT2D eigenvalue weighted by Gasteiger charge is 2.06. The highest BCUT2D eigenvalue weighted by atomic mass is 127. The zero-order valence-corrected chi connectivity index (χ0v) is 11.4. The molecular weight excluding hydrogens is 331 g/mol. The number of aromatic nitrogens is 1. The van der Waals surface area contributed by atoms with Crippen LogP contribution < -0.4 is 5.32 Å². The molecule has 0 atom stereocenters. The number of oxazole rings is 1. The van der Waals surface area contributed by atoms with Gasteiger partial charge in [-0.25, -0.2) is 4.98 Å². The standard InChI is InChI=1S/C12H11IN2O2/c1-8-6-14-11(17-8)7-15-12(16)9-2-4-10(13)5-3-9/h2-6H,7H2,1H3,(H,15,16). The van der Waals surface area contributed by atoms with Crippen LogP contribution in [-0.4, -0.2) is 10.9 Å². The Morgan fingerprint density at radius 3 is 2.71 bits per heavy atom. The molecule has 1 N–H and O–H groups in total. The molecule has 1 aromatic heterocycles. The lowest BCUT2D eigenvalue weighted by atomic mass is 10.2. The Balaban J connectivity index is 1.95. The maximum Gasteiger partial charge on any atom is 0.251 e. The van der Waals surface area contributed by atoms with Gasteiger partial charge in [-0.2, -0.15) is 0 Å². The molecular formula is C12H11IN2O2. The summed E-state index contributed by atoms with van der Waals surface area (Å²) in [6.45, 7) is 2.12. The third-order valence-corrected chi connectivity index (χ3v) is 2.89. The summed E-state index contributed by atoms with van der Waals surface area (Å²) in [5.41, 5.74) is 0.633. The number of amides is 1. The van der Waals surface area contributed by atoms with Gasteiger partial charge in [0, 0.05) is 9.13 Å². The molecule has 2 aromatic rings. The molecule has 4 nitrogen and oxygen atoms in total. The third kappa shape index (κ3) is 3.29.